The van der Waals surface area contributed by atoms with Crippen molar-refractivity contribution < 1.29 is 14.3 Å². The van der Waals surface area contributed by atoms with Crippen LogP contribution in [0.15, 0.2) is 101 Å². The molecule has 0 aliphatic rings. The second-order valence-corrected chi connectivity index (χ2v) is 12.1. The van der Waals surface area contributed by atoms with Crippen LogP contribution in [-0.4, -0.2) is 34.1 Å². The fraction of sp³-hybridized carbons (Fsp3) is 0.206. The maximum atomic E-state index is 13.5. The fourth-order valence-corrected chi connectivity index (χ4v) is 5.43. The van der Waals surface area contributed by atoms with Crippen LogP contribution in [0, 0.1) is 0 Å². The largest absolute Gasteiger partial charge is 0.453 e. The maximum Gasteiger partial charge on any atom is 0.411 e. The summed E-state index contributed by atoms with van der Waals surface area (Å²) in [5.41, 5.74) is 3.78. The van der Waals surface area contributed by atoms with Crippen LogP contribution in [0.2, 0.25) is 0 Å². The Labute approximate surface area is 260 Å². The van der Waals surface area contributed by atoms with Crippen LogP contribution in [0.4, 0.5) is 22.0 Å². The second-order valence-electron chi connectivity index (χ2n) is 11.0. The first-order valence-corrected chi connectivity index (χ1v) is 15.0. The number of carbonyl (C=O) groups excluding carboxylic acids is 2. The molecule has 0 radical (unpaired) electrons. The van der Waals surface area contributed by atoms with Gasteiger partial charge in [-0.3, -0.25) is 10.1 Å². The van der Waals surface area contributed by atoms with Gasteiger partial charge in [0, 0.05) is 26.7 Å². The molecule has 5 rings (SSSR count). The summed E-state index contributed by atoms with van der Waals surface area (Å²) in [6, 6.07) is 26.8. The summed E-state index contributed by atoms with van der Waals surface area (Å²) in [4.78, 5) is 40.6. The van der Waals surface area contributed by atoms with Gasteiger partial charge < -0.3 is 15.4 Å². The summed E-state index contributed by atoms with van der Waals surface area (Å²) in [6.45, 7) is 8.14. The second kappa shape index (κ2) is 13.1. The summed E-state index contributed by atoms with van der Waals surface area (Å²) >= 11 is 1.51. The molecular formula is C34H34N6O3S. The maximum absolute atomic E-state index is 13.5. The van der Waals surface area contributed by atoms with E-state index in [4.69, 9.17) is 4.98 Å². The number of nitrogens with zero attached hydrogens (tertiary/aromatic N) is 3. The third-order valence-corrected chi connectivity index (χ3v) is 8.12. The zero-order chi connectivity index (χ0) is 31.3. The van der Waals surface area contributed by atoms with E-state index >= 15 is 0 Å². The Bertz CT molecular complexity index is 1790. The molecule has 0 fully saturated rings. The third-order valence-electron chi connectivity index (χ3n) is 7.04. The van der Waals surface area contributed by atoms with Crippen LogP contribution in [0.25, 0.3) is 11.0 Å². The Kier molecular flexibility index (Phi) is 9.10. The Morgan fingerprint density at radius 3 is 2.36 bits per heavy atom. The molecule has 0 aliphatic heterocycles. The van der Waals surface area contributed by atoms with Gasteiger partial charge in [0.2, 0.25) is 0 Å². The van der Waals surface area contributed by atoms with Crippen LogP contribution in [0.3, 0.4) is 0 Å². The predicted molar refractivity (Wildman–Crippen MR) is 175 cm³/mol. The van der Waals surface area contributed by atoms with Gasteiger partial charge in [-0.15, -0.1) is 0 Å². The van der Waals surface area contributed by atoms with Crippen LogP contribution >= 0.6 is 11.8 Å². The minimum absolute atomic E-state index is 0.201. The molecule has 2 amide bonds. The SMILES string of the molecule is COC(=O)Nc1ccc(Sc2ccc(C(=O)NC(C)(C)c3ccccc3)cc2Nc2ncnc3nc(C(C)C)ccc23)cc1. The van der Waals surface area contributed by atoms with Gasteiger partial charge in [-0.05, 0) is 79.9 Å². The summed E-state index contributed by atoms with van der Waals surface area (Å²) in [5, 5.41) is 10.0. The number of pyridine rings is 1. The molecule has 3 aromatic carbocycles. The van der Waals surface area contributed by atoms with Gasteiger partial charge in [0.1, 0.15) is 12.1 Å². The lowest BCUT2D eigenvalue weighted by Gasteiger charge is -2.27. The lowest BCUT2D eigenvalue weighted by atomic mass is 9.94. The third kappa shape index (κ3) is 7.15. The van der Waals surface area contributed by atoms with E-state index in [9.17, 15) is 9.59 Å². The Hall–Kier alpha value is -4.96. The summed E-state index contributed by atoms with van der Waals surface area (Å²) < 4.78 is 4.68. The zero-order valence-corrected chi connectivity index (χ0v) is 26.0. The van der Waals surface area contributed by atoms with E-state index in [1.165, 1.54) is 25.2 Å². The van der Waals surface area contributed by atoms with Gasteiger partial charge in [0.05, 0.1) is 23.7 Å². The summed E-state index contributed by atoms with van der Waals surface area (Å²) in [6.07, 6.45) is 0.953. The molecule has 9 nitrogen and oxygen atoms in total. The number of aromatic nitrogens is 3. The molecule has 0 saturated heterocycles. The molecule has 0 atom stereocenters. The molecule has 0 bridgehead atoms. The Morgan fingerprint density at radius 1 is 0.909 bits per heavy atom. The lowest BCUT2D eigenvalue weighted by molar-refractivity contribution is 0.0912. The highest BCUT2D eigenvalue weighted by Crippen LogP contribution is 2.37. The number of ether oxygens (including phenoxy) is 1. The van der Waals surface area contributed by atoms with Crippen molar-refractivity contribution in [1.29, 1.82) is 0 Å². The molecule has 0 unspecified atom stereocenters. The van der Waals surface area contributed by atoms with Gasteiger partial charge in [0.15, 0.2) is 5.65 Å². The Morgan fingerprint density at radius 2 is 1.66 bits per heavy atom. The van der Waals surface area contributed by atoms with Gasteiger partial charge in [-0.1, -0.05) is 55.9 Å². The number of rotatable bonds is 9. The summed E-state index contributed by atoms with van der Waals surface area (Å²) in [7, 11) is 1.32. The number of carbonyl (C=O) groups is 2. The van der Waals surface area contributed by atoms with Gasteiger partial charge in [-0.2, -0.15) is 0 Å². The highest BCUT2D eigenvalue weighted by molar-refractivity contribution is 7.99. The number of methoxy groups -OCH3 is 1. The van der Waals surface area contributed by atoms with Crippen LogP contribution in [0.1, 0.15) is 55.2 Å². The molecule has 2 aromatic heterocycles. The molecule has 0 spiro atoms. The van der Waals surface area contributed by atoms with Gasteiger partial charge in [-0.25, -0.2) is 19.7 Å². The van der Waals surface area contributed by atoms with Crippen molar-refractivity contribution in [1.82, 2.24) is 20.3 Å². The molecule has 10 heteroatoms. The summed E-state index contributed by atoms with van der Waals surface area (Å²) in [5.74, 6) is 0.644. The highest BCUT2D eigenvalue weighted by Gasteiger charge is 2.24. The molecule has 0 aliphatic carbocycles. The molecule has 5 aromatic rings. The number of nitrogens with one attached hydrogen (secondary N) is 3. The first-order chi connectivity index (χ1) is 21.1. The molecule has 224 valence electrons. The standard InChI is InChI=1S/C34H34N6O3S/c1-21(2)27-17-16-26-30(38-27)35-20-36-31(26)39-28-19-22(32(41)40-34(3,4)23-9-7-6-8-10-23)11-18-29(28)44-25-14-12-24(13-15-25)37-33(42)43-5/h6-21H,1-5H3,(H,37,42)(H,40,41)(H,35,36,38,39). The van der Waals surface area contributed by atoms with Crippen molar-refractivity contribution in [2.75, 3.05) is 17.7 Å². The Balaban J connectivity index is 1.48. The molecule has 0 saturated carbocycles. The molecule has 2 heterocycles. The van der Waals surface area contributed by atoms with Crippen molar-refractivity contribution in [2.24, 2.45) is 0 Å². The minimum atomic E-state index is -0.581. The smallest absolute Gasteiger partial charge is 0.411 e. The molecule has 3 N–H and O–H groups in total. The van der Waals surface area contributed by atoms with E-state index in [-0.39, 0.29) is 11.8 Å². The van der Waals surface area contributed by atoms with Gasteiger partial charge in [0.25, 0.3) is 5.91 Å². The van der Waals surface area contributed by atoms with E-state index in [0.717, 1.165) is 26.4 Å². The predicted octanol–water partition coefficient (Wildman–Crippen LogP) is 7.89. The normalized spacial score (nSPS) is 11.3. The van der Waals surface area contributed by atoms with Crippen molar-refractivity contribution in [3.05, 3.63) is 108 Å². The fourth-order valence-electron chi connectivity index (χ4n) is 4.55. The topological polar surface area (TPSA) is 118 Å². The van der Waals surface area contributed by atoms with Crippen LogP contribution < -0.4 is 16.0 Å². The average Bonchev–Trinajstić information content (AvgIpc) is 3.02. The van der Waals surface area contributed by atoms with Crippen LogP contribution in [0.5, 0.6) is 0 Å². The van der Waals surface area contributed by atoms with E-state index < -0.39 is 11.6 Å². The average molecular weight is 607 g/mol. The van der Waals surface area contributed by atoms with Crippen LogP contribution in [-0.2, 0) is 10.3 Å². The first-order valence-electron chi connectivity index (χ1n) is 14.2. The van der Waals surface area contributed by atoms with E-state index in [2.05, 4.69) is 44.5 Å². The van der Waals surface area contributed by atoms with E-state index in [1.807, 2.05) is 86.6 Å². The van der Waals surface area contributed by atoms with Crippen molar-refractivity contribution in [3.8, 4) is 0 Å². The van der Waals surface area contributed by atoms with Crippen molar-refractivity contribution in [3.63, 3.8) is 0 Å². The number of hydrogen-bond acceptors (Lipinski definition) is 8. The monoisotopic (exact) mass is 606 g/mol. The molecular weight excluding hydrogens is 572 g/mol. The van der Waals surface area contributed by atoms with E-state index in [0.29, 0.717) is 28.4 Å². The van der Waals surface area contributed by atoms with Crippen molar-refractivity contribution in [2.45, 2.75) is 48.9 Å². The van der Waals surface area contributed by atoms with Gasteiger partial charge >= 0.3 is 6.09 Å². The van der Waals surface area contributed by atoms with Crippen molar-refractivity contribution >= 4 is 52.0 Å². The van der Waals surface area contributed by atoms with E-state index in [1.54, 1.807) is 12.1 Å². The number of fused-ring (bicyclic) bond motifs is 1. The quantitative estimate of drug-likeness (QED) is 0.155. The highest BCUT2D eigenvalue weighted by atomic mass is 32.2. The number of anilines is 3. The first kappa shape index (κ1) is 30.5. The lowest BCUT2D eigenvalue weighted by Crippen LogP contribution is -2.40. The number of amides is 2. The molecule has 44 heavy (non-hydrogen) atoms. The minimum Gasteiger partial charge on any atom is -0.453 e. The zero-order valence-electron chi connectivity index (χ0n) is 25.2. The number of benzene rings is 3. The number of hydrogen-bond donors (Lipinski definition) is 3.